The van der Waals surface area contributed by atoms with Crippen LogP contribution in [0.5, 0.6) is 0 Å². The summed E-state index contributed by atoms with van der Waals surface area (Å²) in [6.07, 6.45) is 4.48. The molecule has 0 spiro atoms. The molecule has 1 heterocycles. The van der Waals surface area contributed by atoms with Crippen molar-refractivity contribution in [1.29, 1.82) is 0 Å². The number of aromatic carboxylic acids is 1. The second-order valence-corrected chi connectivity index (χ2v) is 10.4. The standard InChI is InChI=1S/C29H28ClN2O5P/c1-2-37-38(36)32(35)28(17-13-21-7-3-4-9-26(21)29(33)34)23-8-5-6-20(18-23)10-15-25-16-12-22-11-14-24(30)19-27(22)31-25/h3-12,14-16,18-19,28,35,38H,2,13,17H2,1H3,(H,33,34)/b15-10+. The second-order valence-electron chi connectivity index (χ2n) is 8.64. The molecule has 3 aromatic carbocycles. The van der Waals surface area contributed by atoms with Gasteiger partial charge in [0.05, 0.1) is 29.4 Å². The van der Waals surface area contributed by atoms with Gasteiger partial charge in [0.25, 0.3) is 8.18 Å². The van der Waals surface area contributed by atoms with Crippen molar-refractivity contribution in [3.05, 3.63) is 112 Å². The number of benzene rings is 3. The SMILES string of the molecule is CCO[PH](=O)N(O)C(CCc1ccccc1C(=O)O)c1cccc(/C=C/c2ccc3ccc(Cl)cc3n2)c1. The van der Waals surface area contributed by atoms with Crippen molar-refractivity contribution in [1.82, 2.24) is 9.82 Å². The molecule has 0 bridgehead atoms. The summed E-state index contributed by atoms with van der Waals surface area (Å²) >= 11 is 6.11. The molecule has 0 fully saturated rings. The Hall–Kier alpha value is -3.32. The smallest absolute Gasteiger partial charge is 0.335 e. The van der Waals surface area contributed by atoms with Crippen molar-refractivity contribution >= 4 is 48.8 Å². The minimum Gasteiger partial charge on any atom is -0.478 e. The third kappa shape index (κ3) is 6.95. The number of aryl methyl sites for hydroxylation is 1. The number of carboxylic acid groups (broad SMARTS) is 1. The quantitative estimate of drug-likeness (QED) is 0.147. The predicted molar refractivity (Wildman–Crippen MR) is 151 cm³/mol. The van der Waals surface area contributed by atoms with Crippen molar-refractivity contribution in [2.75, 3.05) is 6.61 Å². The molecule has 0 amide bonds. The zero-order valence-corrected chi connectivity index (χ0v) is 22.5. The first-order valence-corrected chi connectivity index (χ1v) is 13.8. The normalized spacial score (nSPS) is 13.3. The highest BCUT2D eigenvalue weighted by molar-refractivity contribution is 7.36. The average Bonchev–Trinajstić information content (AvgIpc) is 2.92. The number of fused-ring (bicyclic) bond motifs is 1. The maximum atomic E-state index is 12.6. The molecular formula is C29H28ClN2O5P. The predicted octanol–water partition coefficient (Wildman–Crippen LogP) is 7.55. The number of carboxylic acids is 1. The minimum atomic E-state index is -2.90. The lowest BCUT2D eigenvalue weighted by molar-refractivity contribution is -0.0506. The van der Waals surface area contributed by atoms with E-state index in [0.29, 0.717) is 23.4 Å². The Kier molecular flexibility index (Phi) is 9.45. The molecule has 0 radical (unpaired) electrons. The van der Waals surface area contributed by atoms with Gasteiger partial charge in [0.1, 0.15) is 0 Å². The summed E-state index contributed by atoms with van der Waals surface area (Å²) in [5, 5.41) is 22.0. The van der Waals surface area contributed by atoms with Crippen LogP contribution < -0.4 is 0 Å². The van der Waals surface area contributed by atoms with Gasteiger partial charge in [-0.2, -0.15) is 0 Å². The lowest BCUT2D eigenvalue weighted by Crippen LogP contribution is -2.20. The van der Waals surface area contributed by atoms with E-state index in [1.165, 1.54) is 0 Å². The van der Waals surface area contributed by atoms with Crippen molar-refractivity contribution in [3.8, 4) is 0 Å². The molecule has 0 saturated carbocycles. The summed E-state index contributed by atoms with van der Waals surface area (Å²) in [5.41, 5.74) is 3.97. The van der Waals surface area contributed by atoms with Crippen LogP contribution in [0.2, 0.25) is 5.02 Å². The van der Waals surface area contributed by atoms with E-state index in [2.05, 4.69) is 4.98 Å². The van der Waals surface area contributed by atoms with Gasteiger partial charge in [0.15, 0.2) is 0 Å². The van der Waals surface area contributed by atoms with E-state index in [0.717, 1.165) is 32.6 Å². The van der Waals surface area contributed by atoms with Crippen LogP contribution in [0.25, 0.3) is 23.1 Å². The molecule has 0 aliphatic rings. The molecule has 4 aromatic rings. The molecule has 7 nitrogen and oxygen atoms in total. The summed E-state index contributed by atoms with van der Waals surface area (Å²) in [6.45, 7) is 1.89. The number of hydrogen-bond donors (Lipinski definition) is 2. The molecule has 2 unspecified atom stereocenters. The summed E-state index contributed by atoms with van der Waals surface area (Å²) < 4.78 is 17.8. The van der Waals surface area contributed by atoms with Gasteiger partial charge in [-0.15, -0.1) is 4.83 Å². The van der Waals surface area contributed by atoms with E-state index in [1.54, 1.807) is 31.2 Å². The Labute approximate surface area is 226 Å². The van der Waals surface area contributed by atoms with Crippen LogP contribution in [0.1, 0.15) is 52.1 Å². The Morgan fingerprint density at radius 1 is 1.08 bits per heavy atom. The first-order valence-electron chi connectivity index (χ1n) is 12.2. The van der Waals surface area contributed by atoms with Crippen molar-refractivity contribution in [2.45, 2.75) is 25.8 Å². The maximum Gasteiger partial charge on any atom is 0.335 e. The minimum absolute atomic E-state index is 0.191. The van der Waals surface area contributed by atoms with Gasteiger partial charge in [-0.25, -0.2) is 9.78 Å². The van der Waals surface area contributed by atoms with E-state index in [9.17, 15) is 19.7 Å². The van der Waals surface area contributed by atoms with Crippen LogP contribution in [0.4, 0.5) is 0 Å². The van der Waals surface area contributed by atoms with Gasteiger partial charge >= 0.3 is 5.97 Å². The monoisotopic (exact) mass is 550 g/mol. The Morgan fingerprint density at radius 3 is 2.66 bits per heavy atom. The molecule has 196 valence electrons. The zero-order valence-electron chi connectivity index (χ0n) is 20.8. The summed E-state index contributed by atoms with van der Waals surface area (Å²) in [6, 6.07) is 23.0. The van der Waals surface area contributed by atoms with Gasteiger partial charge < -0.3 is 14.8 Å². The summed E-state index contributed by atoms with van der Waals surface area (Å²) in [5.74, 6) is -1.02. The Balaban J connectivity index is 1.60. The fourth-order valence-electron chi connectivity index (χ4n) is 4.24. The number of carbonyl (C=O) groups is 1. The third-order valence-electron chi connectivity index (χ3n) is 6.10. The van der Waals surface area contributed by atoms with Crippen molar-refractivity contribution < 1.29 is 24.2 Å². The van der Waals surface area contributed by atoms with Gasteiger partial charge in [0, 0.05) is 10.4 Å². The van der Waals surface area contributed by atoms with Gasteiger partial charge in [-0.1, -0.05) is 72.3 Å². The molecule has 0 aliphatic heterocycles. The van der Waals surface area contributed by atoms with Crippen LogP contribution in [0, 0.1) is 0 Å². The van der Waals surface area contributed by atoms with Crippen LogP contribution in [0.15, 0.2) is 78.9 Å². The average molecular weight is 551 g/mol. The number of aromatic nitrogens is 1. The molecule has 4 rings (SSSR count). The van der Waals surface area contributed by atoms with E-state index < -0.39 is 20.2 Å². The molecule has 38 heavy (non-hydrogen) atoms. The van der Waals surface area contributed by atoms with E-state index in [4.69, 9.17) is 16.1 Å². The highest BCUT2D eigenvalue weighted by Gasteiger charge is 2.25. The molecule has 9 heteroatoms. The number of pyridine rings is 1. The molecule has 2 atom stereocenters. The lowest BCUT2D eigenvalue weighted by Gasteiger charge is -2.26. The summed E-state index contributed by atoms with van der Waals surface area (Å²) in [7, 11) is -2.90. The maximum absolute atomic E-state index is 12.6. The van der Waals surface area contributed by atoms with E-state index in [1.807, 2.05) is 66.7 Å². The molecule has 2 N–H and O–H groups in total. The second kappa shape index (κ2) is 13.0. The van der Waals surface area contributed by atoms with Crippen molar-refractivity contribution in [2.24, 2.45) is 0 Å². The number of hydroxylamine groups is 1. The fraction of sp³-hybridized carbons (Fsp3) is 0.172. The number of halogens is 1. The molecule has 1 aromatic heterocycles. The zero-order chi connectivity index (χ0) is 27.1. The first kappa shape index (κ1) is 27.7. The number of rotatable bonds is 11. The van der Waals surface area contributed by atoms with Gasteiger partial charge in [-0.3, -0.25) is 4.57 Å². The van der Waals surface area contributed by atoms with Crippen LogP contribution in [-0.2, 0) is 15.5 Å². The fourth-order valence-corrected chi connectivity index (χ4v) is 5.31. The molecule has 0 saturated heterocycles. The highest BCUT2D eigenvalue weighted by atomic mass is 35.5. The lowest BCUT2D eigenvalue weighted by atomic mass is 9.96. The summed E-state index contributed by atoms with van der Waals surface area (Å²) in [4.78, 5) is 17.0. The first-order chi connectivity index (χ1) is 18.4. The Bertz CT molecular complexity index is 1490. The van der Waals surface area contributed by atoms with Crippen LogP contribution >= 0.6 is 19.8 Å². The molecule has 0 aliphatic carbocycles. The van der Waals surface area contributed by atoms with E-state index >= 15 is 0 Å². The number of nitrogens with zero attached hydrogens (tertiary/aromatic N) is 2. The van der Waals surface area contributed by atoms with E-state index in [-0.39, 0.29) is 12.2 Å². The largest absolute Gasteiger partial charge is 0.478 e. The van der Waals surface area contributed by atoms with Crippen LogP contribution in [-0.4, -0.2) is 32.7 Å². The van der Waals surface area contributed by atoms with Gasteiger partial charge in [0.2, 0.25) is 0 Å². The number of hydrogen-bond acceptors (Lipinski definition) is 5. The Morgan fingerprint density at radius 2 is 1.87 bits per heavy atom. The third-order valence-corrected chi connectivity index (χ3v) is 7.56. The van der Waals surface area contributed by atoms with Crippen LogP contribution in [0.3, 0.4) is 0 Å². The molecular weight excluding hydrogens is 523 g/mol. The topological polar surface area (TPSA) is 100.0 Å². The van der Waals surface area contributed by atoms with Crippen molar-refractivity contribution in [3.63, 3.8) is 0 Å². The highest BCUT2D eigenvalue weighted by Crippen LogP contribution is 2.38. The van der Waals surface area contributed by atoms with Gasteiger partial charge in [-0.05, 0) is 66.8 Å².